The largest absolute Gasteiger partial charge is 0.463 e. The van der Waals surface area contributed by atoms with Gasteiger partial charge in [-0.15, -0.1) is 0 Å². The third-order valence-electron chi connectivity index (χ3n) is 7.04. The average molecular weight is 485 g/mol. The van der Waals surface area contributed by atoms with Crippen molar-refractivity contribution >= 4 is 17.8 Å². The number of cyclic esters (lactones) is 1. The molecule has 192 valence electrons. The molecule has 0 radical (unpaired) electrons. The molecule has 0 fully saturated rings. The smallest absolute Gasteiger partial charge is 0.305 e. The normalized spacial score (nSPS) is 24.7. The van der Waals surface area contributed by atoms with Crippen LogP contribution < -0.4 is 5.32 Å². The van der Waals surface area contributed by atoms with Gasteiger partial charge < -0.3 is 20.1 Å². The zero-order chi connectivity index (χ0) is 25.4. The van der Waals surface area contributed by atoms with Gasteiger partial charge in [0.25, 0.3) is 0 Å². The Bertz CT molecular complexity index is 920. The summed E-state index contributed by atoms with van der Waals surface area (Å²) < 4.78 is 5.47. The van der Waals surface area contributed by atoms with E-state index in [4.69, 9.17) is 4.74 Å². The third-order valence-corrected chi connectivity index (χ3v) is 7.04. The number of nitrogens with one attached hydrogen (secondary N) is 1. The van der Waals surface area contributed by atoms with Crippen molar-refractivity contribution in [1.82, 2.24) is 10.2 Å². The number of carbonyl (C=O) groups is 3. The van der Waals surface area contributed by atoms with Gasteiger partial charge in [0.2, 0.25) is 11.8 Å². The van der Waals surface area contributed by atoms with Crippen molar-refractivity contribution in [3.05, 3.63) is 47.5 Å². The standard InChI is InChI=1S/C28H40N2O5/c1-28(2,3)24-19-35-26(33)14-8-6-4-5-7-12-21(27(34)29-24)16-25(32)30-17-22-13-10-9-11-20(22)15-23(30)18-31/h5,7,9-11,13,21,23-24,31H,4,6,8,12,14-19H2,1-3H3,(H,29,34). The lowest BCUT2D eigenvalue weighted by molar-refractivity contribution is -0.146. The lowest BCUT2D eigenvalue weighted by atomic mass is 9.86. The van der Waals surface area contributed by atoms with Crippen LogP contribution in [0.5, 0.6) is 0 Å². The highest BCUT2D eigenvalue weighted by molar-refractivity contribution is 5.86. The molecule has 2 N–H and O–H groups in total. The van der Waals surface area contributed by atoms with Gasteiger partial charge in [0.1, 0.15) is 6.61 Å². The maximum atomic E-state index is 13.4. The summed E-state index contributed by atoms with van der Waals surface area (Å²) in [5, 5.41) is 13.0. The number of carbonyl (C=O) groups excluding carboxylic acids is 3. The molecule has 2 aliphatic rings. The first kappa shape index (κ1) is 26.9. The molecule has 0 saturated carbocycles. The Morgan fingerprint density at radius 3 is 2.60 bits per heavy atom. The molecule has 1 aromatic carbocycles. The van der Waals surface area contributed by atoms with Crippen molar-refractivity contribution in [1.29, 1.82) is 0 Å². The highest BCUT2D eigenvalue weighted by Crippen LogP contribution is 2.26. The van der Waals surface area contributed by atoms with Crippen molar-refractivity contribution in [2.45, 2.75) is 84.3 Å². The van der Waals surface area contributed by atoms with E-state index in [-0.39, 0.29) is 54.9 Å². The lowest BCUT2D eigenvalue weighted by Crippen LogP contribution is -2.50. The zero-order valence-corrected chi connectivity index (χ0v) is 21.3. The van der Waals surface area contributed by atoms with Gasteiger partial charge in [0.15, 0.2) is 0 Å². The van der Waals surface area contributed by atoms with Crippen molar-refractivity contribution in [3.8, 4) is 0 Å². The predicted octanol–water partition coefficient (Wildman–Crippen LogP) is 3.53. The van der Waals surface area contributed by atoms with Crippen molar-refractivity contribution in [3.63, 3.8) is 0 Å². The van der Waals surface area contributed by atoms with E-state index in [1.165, 1.54) is 0 Å². The Morgan fingerprint density at radius 1 is 1.14 bits per heavy atom. The fourth-order valence-corrected chi connectivity index (χ4v) is 4.61. The van der Waals surface area contributed by atoms with Crippen LogP contribution in [0.15, 0.2) is 36.4 Å². The number of aliphatic hydroxyl groups excluding tert-OH is 1. The first-order chi connectivity index (χ1) is 16.7. The van der Waals surface area contributed by atoms with Crippen LogP contribution in [-0.4, -0.2) is 53.1 Å². The van der Waals surface area contributed by atoms with Gasteiger partial charge >= 0.3 is 5.97 Å². The molecule has 0 saturated heterocycles. The van der Waals surface area contributed by atoms with Crippen molar-refractivity contribution < 1.29 is 24.2 Å². The van der Waals surface area contributed by atoms with Gasteiger partial charge in [-0.3, -0.25) is 14.4 Å². The number of amides is 2. The van der Waals surface area contributed by atoms with Gasteiger partial charge in [-0.25, -0.2) is 0 Å². The summed E-state index contributed by atoms with van der Waals surface area (Å²) in [6.45, 7) is 6.41. The van der Waals surface area contributed by atoms with Crippen LogP contribution in [0.2, 0.25) is 0 Å². The number of rotatable bonds is 3. The fourth-order valence-electron chi connectivity index (χ4n) is 4.61. The summed E-state index contributed by atoms with van der Waals surface area (Å²) in [6.07, 6.45) is 7.95. The van der Waals surface area contributed by atoms with Crippen LogP contribution in [-0.2, 0) is 32.1 Å². The number of allylic oxidation sites excluding steroid dienone is 2. The Labute approximate surface area is 208 Å². The summed E-state index contributed by atoms with van der Waals surface area (Å²) >= 11 is 0. The predicted molar refractivity (Wildman–Crippen MR) is 134 cm³/mol. The molecule has 2 heterocycles. The molecule has 0 spiro atoms. The Hall–Kier alpha value is -2.67. The first-order valence-electron chi connectivity index (χ1n) is 12.8. The highest BCUT2D eigenvalue weighted by Gasteiger charge is 2.34. The number of fused-ring (bicyclic) bond motifs is 1. The molecule has 0 aliphatic carbocycles. The van der Waals surface area contributed by atoms with Crippen LogP contribution in [0.25, 0.3) is 0 Å². The fraction of sp³-hybridized carbons (Fsp3) is 0.607. The van der Waals surface area contributed by atoms with E-state index in [0.29, 0.717) is 25.8 Å². The van der Waals surface area contributed by atoms with Crippen molar-refractivity contribution in [2.75, 3.05) is 13.2 Å². The van der Waals surface area contributed by atoms with Gasteiger partial charge in [-0.1, -0.05) is 57.2 Å². The van der Waals surface area contributed by atoms with Gasteiger partial charge in [0, 0.05) is 19.4 Å². The summed E-state index contributed by atoms with van der Waals surface area (Å²) in [7, 11) is 0. The van der Waals surface area contributed by atoms with E-state index < -0.39 is 5.92 Å². The minimum absolute atomic E-state index is 0.0610. The molecule has 7 heteroatoms. The Balaban J connectivity index is 1.77. The minimum Gasteiger partial charge on any atom is -0.463 e. The van der Waals surface area contributed by atoms with E-state index in [0.717, 1.165) is 30.4 Å². The highest BCUT2D eigenvalue weighted by atomic mass is 16.5. The quantitative estimate of drug-likeness (QED) is 0.505. The molecule has 3 rings (SSSR count). The lowest BCUT2D eigenvalue weighted by Gasteiger charge is -2.37. The summed E-state index contributed by atoms with van der Waals surface area (Å²) in [4.78, 5) is 40.6. The van der Waals surface area contributed by atoms with Crippen LogP contribution in [0, 0.1) is 11.3 Å². The zero-order valence-electron chi connectivity index (χ0n) is 21.3. The Kier molecular flexibility index (Phi) is 9.49. The molecule has 35 heavy (non-hydrogen) atoms. The summed E-state index contributed by atoms with van der Waals surface area (Å²) in [5.41, 5.74) is 1.91. The third kappa shape index (κ3) is 7.66. The molecule has 2 amide bonds. The number of hydrogen-bond donors (Lipinski definition) is 2. The van der Waals surface area contributed by atoms with E-state index in [1.807, 2.05) is 57.2 Å². The number of ether oxygens (including phenoxy) is 1. The van der Waals surface area contributed by atoms with E-state index in [1.54, 1.807) is 4.90 Å². The summed E-state index contributed by atoms with van der Waals surface area (Å²) in [5.74, 6) is -1.14. The van der Waals surface area contributed by atoms with Gasteiger partial charge in [-0.05, 0) is 48.6 Å². The molecule has 3 atom stereocenters. The van der Waals surface area contributed by atoms with E-state index in [2.05, 4.69) is 5.32 Å². The number of aliphatic hydroxyl groups is 1. The second-order valence-corrected chi connectivity index (χ2v) is 10.8. The maximum Gasteiger partial charge on any atom is 0.305 e. The second kappa shape index (κ2) is 12.3. The van der Waals surface area contributed by atoms with E-state index >= 15 is 0 Å². The summed E-state index contributed by atoms with van der Waals surface area (Å²) in [6, 6.07) is 7.31. The molecular weight excluding hydrogens is 444 g/mol. The molecule has 3 unspecified atom stereocenters. The molecule has 2 aliphatic heterocycles. The van der Waals surface area contributed by atoms with Gasteiger partial charge in [0.05, 0.1) is 24.6 Å². The van der Waals surface area contributed by atoms with Crippen LogP contribution in [0.3, 0.4) is 0 Å². The Morgan fingerprint density at radius 2 is 1.89 bits per heavy atom. The first-order valence-corrected chi connectivity index (χ1v) is 12.8. The second-order valence-electron chi connectivity index (χ2n) is 10.8. The van der Waals surface area contributed by atoms with Crippen LogP contribution in [0.1, 0.15) is 70.4 Å². The number of nitrogens with zero attached hydrogens (tertiary/aromatic N) is 1. The molecule has 7 nitrogen and oxygen atoms in total. The van der Waals surface area contributed by atoms with Gasteiger partial charge in [-0.2, -0.15) is 0 Å². The number of hydrogen-bond acceptors (Lipinski definition) is 5. The van der Waals surface area contributed by atoms with Crippen molar-refractivity contribution in [2.24, 2.45) is 11.3 Å². The van der Waals surface area contributed by atoms with Crippen LogP contribution >= 0.6 is 0 Å². The average Bonchev–Trinajstić information content (AvgIpc) is 2.82. The molecular formula is C28H40N2O5. The molecule has 0 bridgehead atoms. The molecule has 0 aromatic heterocycles. The monoisotopic (exact) mass is 484 g/mol. The number of esters is 1. The SMILES string of the molecule is CC(C)(C)C1COC(=O)CCCCC=CCC(CC(=O)N2Cc3ccccc3CC2CO)C(=O)N1. The van der Waals surface area contributed by atoms with E-state index in [9.17, 15) is 19.5 Å². The minimum atomic E-state index is -0.543. The maximum absolute atomic E-state index is 13.4. The van der Waals surface area contributed by atoms with Crippen LogP contribution in [0.4, 0.5) is 0 Å². The molecule has 1 aromatic rings. The number of benzene rings is 1. The topological polar surface area (TPSA) is 95.9 Å².